The number of nitrogens with zero attached hydrogens (tertiary/aromatic N) is 2. The monoisotopic (exact) mass is 330 g/mol. The van der Waals surface area contributed by atoms with E-state index in [0.717, 1.165) is 16.9 Å². The first kappa shape index (κ1) is 14.9. The number of fused-ring (bicyclic) bond motifs is 1. The minimum absolute atomic E-state index is 0.195. The Kier molecular flexibility index (Phi) is 3.63. The van der Waals surface area contributed by atoms with E-state index >= 15 is 0 Å². The van der Waals surface area contributed by atoms with E-state index in [1.165, 1.54) is 0 Å². The smallest absolute Gasteiger partial charge is 0.291 e. The van der Waals surface area contributed by atoms with Gasteiger partial charge in [-0.25, -0.2) is 4.98 Å². The molecule has 2 N–H and O–H groups in total. The van der Waals surface area contributed by atoms with Crippen molar-refractivity contribution in [3.8, 4) is 11.3 Å². The van der Waals surface area contributed by atoms with E-state index < -0.39 is 0 Å². The minimum atomic E-state index is -0.258. The van der Waals surface area contributed by atoms with Gasteiger partial charge in [0.1, 0.15) is 0 Å². The number of hydrogen-bond acceptors (Lipinski definition) is 3. The summed E-state index contributed by atoms with van der Waals surface area (Å²) in [7, 11) is 0. The Morgan fingerprint density at radius 1 is 1.08 bits per heavy atom. The molecule has 2 aromatic heterocycles. The molecule has 1 amide bonds. The Bertz CT molecular complexity index is 1110. The van der Waals surface area contributed by atoms with Crippen LogP contribution >= 0.6 is 0 Å². The molecule has 6 heteroatoms. The predicted molar refractivity (Wildman–Crippen MR) is 95.6 cm³/mol. The van der Waals surface area contributed by atoms with E-state index in [2.05, 4.69) is 15.3 Å². The van der Waals surface area contributed by atoms with Crippen LogP contribution in [0.5, 0.6) is 0 Å². The Morgan fingerprint density at radius 2 is 1.92 bits per heavy atom. The lowest BCUT2D eigenvalue weighted by Crippen LogP contribution is -2.13. The molecule has 0 aliphatic rings. The number of H-pyrrole nitrogens is 1. The normalized spacial score (nSPS) is 10.7. The van der Waals surface area contributed by atoms with E-state index in [1.807, 2.05) is 42.5 Å². The second kappa shape index (κ2) is 6.09. The summed E-state index contributed by atoms with van der Waals surface area (Å²) < 4.78 is 1.70. The highest BCUT2D eigenvalue weighted by Crippen LogP contribution is 2.20. The zero-order valence-corrected chi connectivity index (χ0v) is 13.1. The maximum atomic E-state index is 12.5. The zero-order valence-electron chi connectivity index (χ0n) is 13.1. The van der Waals surface area contributed by atoms with E-state index in [4.69, 9.17) is 0 Å². The van der Waals surface area contributed by atoms with Crippen LogP contribution in [-0.4, -0.2) is 20.3 Å². The first-order valence-corrected chi connectivity index (χ1v) is 7.74. The fourth-order valence-electron chi connectivity index (χ4n) is 2.70. The van der Waals surface area contributed by atoms with Crippen molar-refractivity contribution in [1.82, 2.24) is 14.4 Å². The first-order chi connectivity index (χ1) is 12.2. The van der Waals surface area contributed by atoms with Crippen molar-refractivity contribution in [1.29, 1.82) is 0 Å². The standard InChI is InChI=1S/C19H14N4O2/c24-18(22-15-7-2-1-3-8-15)14-6-4-5-13(11-14)16-12-21-19(25)17-20-9-10-23(16)17/h1-12H,(H,21,25)(H,22,24). The number of para-hydroxylation sites is 1. The van der Waals surface area contributed by atoms with Gasteiger partial charge in [-0.05, 0) is 24.3 Å². The fourth-order valence-corrected chi connectivity index (χ4v) is 2.70. The molecule has 0 saturated heterocycles. The summed E-state index contributed by atoms with van der Waals surface area (Å²) in [5, 5.41) is 2.86. The highest BCUT2D eigenvalue weighted by atomic mass is 16.1. The summed E-state index contributed by atoms with van der Waals surface area (Å²) in [4.78, 5) is 31.0. The van der Waals surface area contributed by atoms with Gasteiger partial charge in [0.2, 0.25) is 5.65 Å². The quantitative estimate of drug-likeness (QED) is 0.606. The van der Waals surface area contributed by atoms with Crippen molar-refractivity contribution in [2.24, 2.45) is 0 Å². The van der Waals surface area contributed by atoms with Crippen molar-refractivity contribution < 1.29 is 4.79 Å². The molecule has 0 atom stereocenters. The highest BCUT2D eigenvalue weighted by molar-refractivity contribution is 6.04. The molecule has 0 spiro atoms. The second-order valence-electron chi connectivity index (χ2n) is 5.52. The highest BCUT2D eigenvalue weighted by Gasteiger charge is 2.11. The molecule has 2 heterocycles. The summed E-state index contributed by atoms with van der Waals surface area (Å²) in [6.45, 7) is 0. The number of aromatic amines is 1. The summed E-state index contributed by atoms with van der Waals surface area (Å²) in [5.74, 6) is -0.195. The number of hydrogen-bond donors (Lipinski definition) is 2. The van der Waals surface area contributed by atoms with Crippen molar-refractivity contribution in [3.05, 3.63) is 89.1 Å². The average Bonchev–Trinajstić information content (AvgIpc) is 3.14. The third-order valence-electron chi connectivity index (χ3n) is 3.90. The molecule has 6 nitrogen and oxygen atoms in total. The number of amides is 1. The van der Waals surface area contributed by atoms with Gasteiger partial charge in [-0.3, -0.25) is 14.0 Å². The third-order valence-corrected chi connectivity index (χ3v) is 3.90. The average molecular weight is 330 g/mol. The molecule has 4 aromatic rings. The van der Waals surface area contributed by atoms with Gasteiger partial charge in [-0.15, -0.1) is 0 Å². The van der Waals surface area contributed by atoms with Gasteiger partial charge in [0.15, 0.2) is 0 Å². The number of nitrogens with one attached hydrogen (secondary N) is 2. The molecule has 122 valence electrons. The van der Waals surface area contributed by atoms with E-state index in [9.17, 15) is 9.59 Å². The van der Waals surface area contributed by atoms with Crippen LogP contribution < -0.4 is 10.9 Å². The lowest BCUT2D eigenvalue weighted by molar-refractivity contribution is 0.102. The van der Waals surface area contributed by atoms with Crippen LogP contribution in [0.15, 0.2) is 78.0 Å². The molecular formula is C19H14N4O2. The molecule has 25 heavy (non-hydrogen) atoms. The molecule has 2 aromatic carbocycles. The predicted octanol–water partition coefficient (Wildman–Crippen LogP) is 2.94. The van der Waals surface area contributed by atoms with E-state index in [0.29, 0.717) is 11.2 Å². The third kappa shape index (κ3) is 2.81. The van der Waals surface area contributed by atoms with Crippen LogP contribution in [0.3, 0.4) is 0 Å². The largest absolute Gasteiger partial charge is 0.324 e. The molecule has 4 rings (SSSR count). The summed E-state index contributed by atoms with van der Waals surface area (Å²) in [6, 6.07) is 16.5. The van der Waals surface area contributed by atoms with Gasteiger partial charge in [-0.2, -0.15) is 0 Å². The van der Waals surface area contributed by atoms with Crippen LogP contribution in [0.25, 0.3) is 16.9 Å². The Balaban J connectivity index is 1.72. The summed E-state index contributed by atoms with van der Waals surface area (Å²) in [6.07, 6.45) is 4.90. The lowest BCUT2D eigenvalue weighted by atomic mass is 10.1. The van der Waals surface area contributed by atoms with Crippen molar-refractivity contribution in [3.63, 3.8) is 0 Å². The van der Waals surface area contributed by atoms with E-state index in [1.54, 1.807) is 35.1 Å². The van der Waals surface area contributed by atoms with Gasteiger partial charge in [0.25, 0.3) is 11.5 Å². The maximum absolute atomic E-state index is 12.5. The summed E-state index contributed by atoms with van der Waals surface area (Å²) in [5.41, 5.74) is 2.88. The first-order valence-electron chi connectivity index (χ1n) is 7.74. The molecule has 0 saturated carbocycles. The van der Waals surface area contributed by atoms with Crippen molar-refractivity contribution >= 4 is 17.2 Å². The molecule has 0 radical (unpaired) electrons. The molecular weight excluding hydrogens is 316 g/mol. The van der Waals surface area contributed by atoms with Gasteiger partial charge >= 0.3 is 0 Å². The number of imidazole rings is 1. The van der Waals surface area contributed by atoms with Crippen molar-refractivity contribution in [2.75, 3.05) is 5.32 Å². The SMILES string of the molecule is O=C(Nc1ccccc1)c1cccc(-c2c[nH]c(=O)c3nccn23)c1. The molecule has 0 aliphatic heterocycles. The topological polar surface area (TPSA) is 79.3 Å². The van der Waals surface area contributed by atoms with Crippen LogP contribution in [0.4, 0.5) is 5.69 Å². The number of benzene rings is 2. The Morgan fingerprint density at radius 3 is 2.76 bits per heavy atom. The number of aromatic nitrogens is 3. The number of carbonyl (C=O) groups is 1. The number of carbonyl (C=O) groups excluding carboxylic acids is 1. The van der Waals surface area contributed by atoms with Crippen LogP contribution in [-0.2, 0) is 0 Å². The Hall–Kier alpha value is -3.67. The van der Waals surface area contributed by atoms with Crippen LogP contribution in [0.1, 0.15) is 10.4 Å². The molecule has 0 fully saturated rings. The van der Waals surface area contributed by atoms with Crippen molar-refractivity contribution in [2.45, 2.75) is 0 Å². The minimum Gasteiger partial charge on any atom is -0.324 e. The second-order valence-corrected chi connectivity index (χ2v) is 5.52. The summed E-state index contributed by atoms with van der Waals surface area (Å²) >= 11 is 0. The zero-order chi connectivity index (χ0) is 17.2. The number of anilines is 1. The molecule has 0 unspecified atom stereocenters. The maximum Gasteiger partial charge on any atom is 0.291 e. The molecule has 0 bridgehead atoms. The van der Waals surface area contributed by atoms with Gasteiger partial charge in [0, 0.05) is 35.4 Å². The lowest BCUT2D eigenvalue weighted by Gasteiger charge is -2.08. The van der Waals surface area contributed by atoms with Crippen LogP contribution in [0.2, 0.25) is 0 Å². The van der Waals surface area contributed by atoms with E-state index in [-0.39, 0.29) is 11.5 Å². The Labute approximate surface area is 142 Å². The molecule has 0 aliphatic carbocycles. The van der Waals surface area contributed by atoms with Gasteiger partial charge in [0.05, 0.1) is 5.69 Å². The van der Waals surface area contributed by atoms with Gasteiger partial charge in [-0.1, -0.05) is 30.3 Å². The fraction of sp³-hybridized carbons (Fsp3) is 0. The van der Waals surface area contributed by atoms with Crippen LogP contribution in [0, 0.1) is 0 Å². The van der Waals surface area contributed by atoms with Gasteiger partial charge < -0.3 is 10.3 Å². The number of rotatable bonds is 3.